The van der Waals surface area contributed by atoms with Crippen LogP contribution in [-0.2, 0) is 4.79 Å². The van der Waals surface area contributed by atoms with E-state index in [-0.39, 0.29) is 11.8 Å². The summed E-state index contributed by atoms with van der Waals surface area (Å²) in [5.41, 5.74) is 1.66. The Morgan fingerprint density at radius 3 is 2.61 bits per heavy atom. The van der Waals surface area contributed by atoms with Gasteiger partial charge in [0, 0.05) is 23.2 Å². The predicted octanol–water partition coefficient (Wildman–Crippen LogP) is 4.49. The normalized spacial score (nSPS) is 11.7. The van der Waals surface area contributed by atoms with Crippen LogP contribution in [0.2, 0.25) is 5.02 Å². The van der Waals surface area contributed by atoms with Gasteiger partial charge in [0.1, 0.15) is 11.5 Å². The molecule has 0 bridgehead atoms. The Labute approximate surface area is 141 Å². The third kappa shape index (κ3) is 4.63. The molecular formula is C18H20ClNO3. The minimum atomic E-state index is -0.0716. The Morgan fingerprint density at radius 2 is 1.96 bits per heavy atom. The molecule has 0 aromatic heterocycles. The van der Waals surface area contributed by atoms with Crippen molar-refractivity contribution < 1.29 is 14.3 Å². The van der Waals surface area contributed by atoms with Crippen LogP contribution >= 0.6 is 11.6 Å². The molecule has 0 spiro atoms. The lowest BCUT2D eigenvalue weighted by molar-refractivity contribution is -0.116. The van der Waals surface area contributed by atoms with Crippen molar-refractivity contribution in [1.29, 1.82) is 0 Å². The van der Waals surface area contributed by atoms with Crippen molar-refractivity contribution >= 4 is 23.2 Å². The van der Waals surface area contributed by atoms with Crippen LogP contribution in [0.1, 0.15) is 24.8 Å². The van der Waals surface area contributed by atoms with Gasteiger partial charge in [-0.3, -0.25) is 4.79 Å². The molecule has 0 aliphatic carbocycles. The van der Waals surface area contributed by atoms with Gasteiger partial charge in [-0.2, -0.15) is 0 Å². The van der Waals surface area contributed by atoms with Gasteiger partial charge >= 0.3 is 0 Å². The van der Waals surface area contributed by atoms with Crippen LogP contribution in [0.3, 0.4) is 0 Å². The molecule has 122 valence electrons. The lowest BCUT2D eigenvalue weighted by Gasteiger charge is -2.16. The van der Waals surface area contributed by atoms with Crippen molar-refractivity contribution in [3.05, 3.63) is 53.1 Å². The fraction of sp³-hybridized carbons (Fsp3) is 0.278. The molecule has 1 atom stereocenters. The van der Waals surface area contributed by atoms with E-state index < -0.39 is 0 Å². The summed E-state index contributed by atoms with van der Waals surface area (Å²) in [5, 5.41) is 3.44. The Morgan fingerprint density at radius 1 is 1.17 bits per heavy atom. The number of rotatable bonds is 6. The summed E-state index contributed by atoms with van der Waals surface area (Å²) in [7, 11) is 3.22. The Balaban J connectivity index is 2.06. The van der Waals surface area contributed by atoms with Gasteiger partial charge in [-0.1, -0.05) is 30.7 Å². The lowest BCUT2D eigenvalue weighted by Crippen LogP contribution is -2.14. The van der Waals surface area contributed by atoms with E-state index in [2.05, 4.69) is 5.32 Å². The summed E-state index contributed by atoms with van der Waals surface area (Å²) in [5.74, 6) is 1.38. The quantitative estimate of drug-likeness (QED) is 0.847. The maximum atomic E-state index is 12.2. The Bertz CT molecular complexity index is 688. The predicted molar refractivity (Wildman–Crippen MR) is 92.7 cm³/mol. The highest BCUT2D eigenvalue weighted by molar-refractivity contribution is 6.30. The molecular weight excluding hydrogens is 314 g/mol. The summed E-state index contributed by atoms with van der Waals surface area (Å²) < 4.78 is 10.6. The van der Waals surface area contributed by atoms with Crippen LogP contribution < -0.4 is 14.8 Å². The number of nitrogens with one attached hydrogen (secondary N) is 1. The minimum Gasteiger partial charge on any atom is -0.497 e. The number of halogens is 1. The molecule has 2 aromatic carbocycles. The van der Waals surface area contributed by atoms with Gasteiger partial charge in [0.15, 0.2) is 0 Å². The monoisotopic (exact) mass is 333 g/mol. The first-order chi connectivity index (χ1) is 11.0. The van der Waals surface area contributed by atoms with Gasteiger partial charge in [0.05, 0.1) is 14.2 Å². The van der Waals surface area contributed by atoms with Crippen molar-refractivity contribution in [2.45, 2.75) is 19.3 Å². The molecule has 0 saturated heterocycles. The third-order valence-electron chi connectivity index (χ3n) is 3.57. The van der Waals surface area contributed by atoms with Crippen LogP contribution in [0.25, 0.3) is 0 Å². The molecule has 2 aromatic rings. The molecule has 5 heteroatoms. The Hall–Kier alpha value is -2.20. The van der Waals surface area contributed by atoms with Crippen molar-refractivity contribution in [3.8, 4) is 11.5 Å². The molecule has 0 heterocycles. The van der Waals surface area contributed by atoms with E-state index in [1.807, 2.05) is 31.2 Å². The van der Waals surface area contributed by atoms with Crippen LogP contribution in [-0.4, -0.2) is 20.1 Å². The van der Waals surface area contributed by atoms with E-state index in [1.54, 1.807) is 32.4 Å². The van der Waals surface area contributed by atoms with Gasteiger partial charge in [0.2, 0.25) is 5.91 Å². The fourth-order valence-corrected chi connectivity index (χ4v) is 2.58. The van der Waals surface area contributed by atoms with E-state index in [0.717, 1.165) is 11.3 Å². The number of amides is 1. The number of ether oxygens (including phenoxy) is 2. The van der Waals surface area contributed by atoms with Crippen molar-refractivity contribution in [3.63, 3.8) is 0 Å². The van der Waals surface area contributed by atoms with Gasteiger partial charge in [-0.05, 0) is 35.7 Å². The topological polar surface area (TPSA) is 47.6 Å². The van der Waals surface area contributed by atoms with E-state index in [9.17, 15) is 4.79 Å². The van der Waals surface area contributed by atoms with E-state index in [4.69, 9.17) is 21.1 Å². The van der Waals surface area contributed by atoms with E-state index in [1.165, 1.54) is 0 Å². The minimum absolute atomic E-state index is 0.00930. The molecule has 0 aliphatic heterocycles. The zero-order chi connectivity index (χ0) is 16.8. The maximum absolute atomic E-state index is 12.2. The molecule has 4 nitrogen and oxygen atoms in total. The molecule has 0 aliphatic rings. The highest BCUT2D eigenvalue weighted by atomic mass is 35.5. The molecule has 0 fully saturated rings. The number of carbonyl (C=O) groups excluding carboxylic acids is 1. The first-order valence-corrected chi connectivity index (χ1v) is 7.68. The zero-order valence-electron chi connectivity index (χ0n) is 13.4. The second-order valence-electron chi connectivity index (χ2n) is 5.27. The van der Waals surface area contributed by atoms with Crippen molar-refractivity contribution in [2.75, 3.05) is 19.5 Å². The number of methoxy groups -OCH3 is 2. The van der Waals surface area contributed by atoms with Crippen LogP contribution in [0.4, 0.5) is 5.69 Å². The summed E-state index contributed by atoms with van der Waals surface area (Å²) in [4.78, 5) is 12.2. The fourth-order valence-electron chi connectivity index (χ4n) is 2.39. The Kier molecular flexibility index (Phi) is 5.88. The summed E-state index contributed by atoms with van der Waals surface area (Å²) >= 11 is 5.92. The molecule has 2 rings (SSSR count). The second kappa shape index (κ2) is 7.88. The van der Waals surface area contributed by atoms with E-state index in [0.29, 0.717) is 22.9 Å². The van der Waals surface area contributed by atoms with Gasteiger partial charge in [0.25, 0.3) is 0 Å². The number of anilines is 1. The average Bonchev–Trinajstić information content (AvgIpc) is 2.53. The molecule has 1 amide bonds. The smallest absolute Gasteiger partial charge is 0.224 e. The molecule has 1 unspecified atom stereocenters. The van der Waals surface area contributed by atoms with E-state index >= 15 is 0 Å². The highest BCUT2D eigenvalue weighted by Gasteiger charge is 2.16. The number of hydrogen-bond donors (Lipinski definition) is 1. The number of hydrogen-bond acceptors (Lipinski definition) is 3. The summed E-state index contributed by atoms with van der Waals surface area (Å²) in [6.07, 6.45) is 0.342. The highest BCUT2D eigenvalue weighted by Crippen LogP contribution is 2.32. The molecule has 1 N–H and O–H groups in total. The molecule has 0 saturated carbocycles. The first kappa shape index (κ1) is 17.2. The summed E-state index contributed by atoms with van der Waals surface area (Å²) in [6.45, 7) is 1.99. The van der Waals surface area contributed by atoms with Gasteiger partial charge < -0.3 is 14.8 Å². The lowest BCUT2D eigenvalue weighted by atomic mass is 9.96. The van der Waals surface area contributed by atoms with Crippen LogP contribution in [0.5, 0.6) is 11.5 Å². The standard InChI is InChI=1S/C18H20ClNO3/c1-12(16-8-7-15(22-2)11-17(16)23-3)9-18(21)20-14-6-4-5-13(19)10-14/h4-8,10-12H,9H2,1-3H3,(H,20,21). The van der Waals surface area contributed by atoms with Gasteiger partial charge in [-0.25, -0.2) is 0 Å². The molecule has 0 radical (unpaired) electrons. The van der Waals surface area contributed by atoms with Crippen molar-refractivity contribution in [1.82, 2.24) is 0 Å². The third-order valence-corrected chi connectivity index (χ3v) is 3.81. The molecule has 23 heavy (non-hydrogen) atoms. The number of carbonyl (C=O) groups is 1. The van der Waals surface area contributed by atoms with Crippen LogP contribution in [0, 0.1) is 0 Å². The second-order valence-corrected chi connectivity index (χ2v) is 5.71. The first-order valence-electron chi connectivity index (χ1n) is 7.31. The largest absolute Gasteiger partial charge is 0.497 e. The van der Waals surface area contributed by atoms with Crippen LogP contribution in [0.15, 0.2) is 42.5 Å². The maximum Gasteiger partial charge on any atom is 0.224 e. The van der Waals surface area contributed by atoms with Gasteiger partial charge in [-0.15, -0.1) is 0 Å². The van der Waals surface area contributed by atoms with Crippen molar-refractivity contribution in [2.24, 2.45) is 0 Å². The summed E-state index contributed by atoms with van der Waals surface area (Å²) in [6, 6.07) is 12.7. The number of benzene rings is 2. The SMILES string of the molecule is COc1ccc(C(C)CC(=O)Nc2cccc(Cl)c2)c(OC)c1. The zero-order valence-corrected chi connectivity index (χ0v) is 14.2. The average molecular weight is 334 g/mol.